The molecule has 6 atom stereocenters. The summed E-state index contributed by atoms with van der Waals surface area (Å²) in [5.74, 6) is -0.435. The molecule has 13 heteroatoms. The lowest BCUT2D eigenvalue weighted by Crippen LogP contribution is -2.60. The van der Waals surface area contributed by atoms with Crippen molar-refractivity contribution in [1.82, 2.24) is 0 Å². The van der Waals surface area contributed by atoms with Crippen molar-refractivity contribution in [2.75, 3.05) is 26.4 Å². The Morgan fingerprint density at radius 3 is 1.50 bits per heavy atom. The van der Waals surface area contributed by atoms with Gasteiger partial charge in [-0.2, -0.15) is 8.42 Å². The van der Waals surface area contributed by atoms with E-state index in [0.29, 0.717) is 13.0 Å². The molecule has 6 unspecified atom stereocenters. The fourth-order valence-electron chi connectivity index (χ4n) is 6.41. The van der Waals surface area contributed by atoms with E-state index in [0.717, 1.165) is 109 Å². The predicted octanol–water partition coefficient (Wildman–Crippen LogP) is 10.4. The van der Waals surface area contributed by atoms with Gasteiger partial charge in [0.25, 0.3) is 0 Å². The lowest BCUT2D eigenvalue weighted by atomic mass is 9.99. The molecule has 0 aromatic carbocycles. The van der Waals surface area contributed by atoms with Gasteiger partial charge in [-0.3, -0.25) is 9.35 Å². The van der Waals surface area contributed by atoms with Crippen LogP contribution in [0.1, 0.15) is 142 Å². The molecule has 0 aliphatic carbocycles. The van der Waals surface area contributed by atoms with Crippen molar-refractivity contribution < 1.29 is 56.2 Å². The van der Waals surface area contributed by atoms with Gasteiger partial charge in [0.05, 0.1) is 19.8 Å². The number of carbonyl (C=O) groups excluding carboxylic acids is 1. The summed E-state index contributed by atoms with van der Waals surface area (Å²) in [6.45, 7) is 3.57. The van der Waals surface area contributed by atoms with E-state index in [-0.39, 0.29) is 19.6 Å². The first-order valence-electron chi connectivity index (χ1n) is 23.6. The van der Waals surface area contributed by atoms with Crippen LogP contribution in [0.4, 0.5) is 0 Å². The highest BCUT2D eigenvalue weighted by molar-refractivity contribution is 7.80. The second-order valence-electron chi connectivity index (χ2n) is 15.6. The minimum absolute atomic E-state index is 0.0145. The molecule has 1 heterocycles. The van der Waals surface area contributed by atoms with Gasteiger partial charge in [0.2, 0.25) is 0 Å². The van der Waals surface area contributed by atoms with E-state index >= 15 is 0 Å². The van der Waals surface area contributed by atoms with Crippen molar-refractivity contribution in [3.05, 3.63) is 109 Å². The van der Waals surface area contributed by atoms with E-state index in [9.17, 15) is 28.5 Å². The third-order valence-electron chi connectivity index (χ3n) is 9.89. The molecule has 1 aliphatic heterocycles. The summed E-state index contributed by atoms with van der Waals surface area (Å²) >= 11 is 0. The van der Waals surface area contributed by atoms with Crippen LogP contribution in [0.15, 0.2) is 109 Å². The Hall–Kier alpha value is -3.24. The van der Waals surface area contributed by atoms with Gasteiger partial charge in [0.1, 0.15) is 30.5 Å². The summed E-state index contributed by atoms with van der Waals surface area (Å²) in [4.78, 5) is 12.9. The molecule has 12 nitrogen and oxygen atoms in total. The molecule has 0 spiro atoms. The zero-order chi connectivity index (χ0) is 46.8. The molecule has 1 rings (SSSR count). The predicted molar refractivity (Wildman–Crippen MR) is 257 cm³/mol. The summed E-state index contributed by atoms with van der Waals surface area (Å²) in [5, 5.41) is 30.7. The lowest BCUT2D eigenvalue weighted by Gasteiger charge is -2.41. The van der Waals surface area contributed by atoms with E-state index in [2.05, 4.69) is 127 Å². The maximum atomic E-state index is 12.9. The summed E-state index contributed by atoms with van der Waals surface area (Å²) in [6, 6.07) is 0. The average Bonchev–Trinajstić information content (AvgIpc) is 3.27. The molecule has 1 saturated heterocycles. The molecule has 0 bridgehead atoms. The van der Waals surface area contributed by atoms with Crippen molar-refractivity contribution in [3.8, 4) is 0 Å². The van der Waals surface area contributed by atoms with Gasteiger partial charge >= 0.3 is 16.4 Å². The second-order valence-corrected chi connectivity index (χ2v) is 16.6. The third-order valence-corrected chi connectivity index (χ3v) is 10.4. The zero-order valence-corrected chi connectivity index (χ0v) is 39.6. The molecule has 64 heavy (non-hydrogen) atoms. The standard InChI is InChI=1S/C51H82O12S/c1-3-5-7-9-11-13-15-17-19-20-21-22-23-24-25-26-27-28-30-32-34-36-38-40-47(53)61-45(43-59-41-39-37-35-33-31-29-18-16-14-12-10-8-6-4-2)44-60-51-49(55)50(63-64(56,57)58)48(54)46(42-52)62-51/h5-8,11-14,17-19,21-22,24-25,29,33,35,45-46,48-52,54-55H,3-4,9-10,15-16,20,23,26-28,30-32,34,36-44H2,1-2H3,(H,56,57,58)/b7-5-,8-6-,13-11-,14-12-,19-17-,22-21-,25-24-,29-18-,35-33-. The van der Waals surface area contributed by atoms with Crippen molar-refractivity contribution in [2.24, 2.45) is 0 Å². The molecule has 0 aromatic heterocycles. The summed E-state index contributed by atoms with van der Waals surface area (Å²) in [5.41, 5.74) is 0. The number of hydrogen-bond acceptors (Lipinski definition) is 11. The second kappa shape index (κ2) is 41.2. The average molecular weight is 919 g/mol. The molecule has 1 fully saturated rings. The monoisotopic (exact) mass is 919 g/mol. The van der Waals surface area contributed by atoms with Crippen LogP contribution >= 0.6 is 0 Å². The van der Waals surface area contributed by atoms with E-state index < -0.39 is 59.8 Å². The highest BCUT2D eigenvalue weighted by Crippen LogP contribution is 2.26. The van der Waals surface area contributed by atoms with Crippen LogP contribution in [0, 0.1) is 0 Å². The van der Waals surface area contributed by atoms with Crippen LogP contribution in [-0.4, -0.2) is 97.5 Å². The van der Waals surface area contributed by atoms with Crippen LogP contribution in [0.3, 0.4) is 0 Å². The van der Waals surface area contributed by atoms with Gasteiger partial charge in [-0.1, -0.05) is 155 Å². The Labute approximate surface area is 386 Å². The number of allylic oxidation sites excluding steroid dienone is 18. The van der Waals surface area contributed by atoms with E-state index in [1.807, 2.05) is 0 Å². The molecule has 364 valence electrons. The van der Waals surface area contributed by atoms with Crippen molar-refractivity contribution in [3.63, 3.8) is 0 Å². The maximum absolute atomic E-state index is 12.9. The molecule has 0 radical (unpaired) electrons. The Bertz CT molecular complexity index is 1530. The SMILES string of the molecule is CC/C=C\C/C=C\C/C=C\C/C=C\C/C=C\CCCCCCCCCC(=O)OC(COCCC/C=C\C/C=C\C/C=C\C/C=C\CC)COC1OC(CO)C(O)C(OS(=O)(=O)O)C1O. The number of rotatable bonds is 39. The van der Waals surface area contributed by atoms with Crippen LogP contribution < -0.4 is 0 Å². The number of ether oxygens (including phenoxy) is 4. The number of unbranched alkanes of at least 4 members (excludes halogenated alkanes) is 8. The number of aliphatic hydroxyl groups excluding tert-OH is 3. The van der Waals surface area contributed by atoms with Gasteiger partial charge in [-0.25, -0.2) is 4.18 Å². The van der Waals surface area contributed by atoms with Crippen LogP contribution in [0.25, 0.3) is 0 Å². The third kappa shape index (κ3) is 34.2. The molecule has 0 saturated carbocycles. The first-order chi connectivity index (χ1) is 31.1. The van der Waals surface area contributed by atoms with Crippen LogP contribution in [-0.2, 0) is 38.3 Å². The molecule has 1 aliphatic rings. The van der Waals surface area contributed by atoms with Crippen molar-refractivity contribution in [2.45, 2.75) is 179 Å². The molecular formula is C51H82O12S. The maximum Gasteiger partial charge on any atom is 0.397 e. The first kappa shape index (κ1) is 58.8. The smallest absolute Gasteiger partial charge is 0.397 e. The summed E-state index contributed by atoms with van der Waals surface area (Å²) < 4.78 is 59.0. The van der Waals surface area contributed by atoms with Crippen LogP contribution in [0.2, 0.25) is 0 Å². The Morgan fingerprint density at radius 1 is 0.594 bits per heavy atom. The quantitative estimate of drug-likeness (QED) is 0.0199. The van der Waals surface area contributed by atoms with Gasteiger partial charge in [0.15, 0.2) is 6.29 Å². The highest BCUT2D eigenvalue weighted by atomic mass is 32.3. The van der Waals surface area contributed by atoms with Crippen LogP contribution in [0.5, 0.6) is 0 Å². The van der Waals surface area contributed by atoms with Crippen molar-refractivity contribution in [1.29, 1.82) is 0 Å². The Balaban J connectivity index is 2.43. The van der Waals surface area contributed by atoms with Gasteiger partial charge in [-0.05, 0) is 89.9 Å². The van der Waals surface area contributed by atoms with Gasteiger partial charge in [-0.15, -0.1) is 0 Å². The van der Waals surface area contributed by atoms with Crippen molar-refractivity contribution >= 4 is 16.4 Å². The summed E-state index contributed by atoms with van der Waals surface area (Å²) in [6.07, 6.45) is 48.5. The molecular weight excluding hydrogens is 837 g/mol. The minimum atomic E-state index is -5.08. The Kier molecular flexibility index (Phi) is 37.8. The number of aliphatic hydroxyl groups is 3. The Morgan fingerprint density at radius 2 is 1.03 bits per heavy atom. The fourth-order valence-corrected chi connectivity index (χ4v) is 6.92. The van der Waals surface area contributed by atoms with Gasteiger partial charge < -0.3 is 34.3 Å². The first-order valence-corrected chi connectivity index (χ1v) is 25.0. The molecule has 0 amide bonds. The number of esters is 1. The largest absolute Gasteiger partial charge is 0.457 e. The summed E-state index contributed by atoms with van der Waals surface area (Å²) in [7, 11) is -5.08. The molecule has 0 aromatic rings. The van der Waals surface area contributed by atoms with Gasteiger partial charge in [0, 0.05) is 13.0 Å². The minimum Gasteiger partial charge on any atom is -0.457 e. The van der Waals surface area contributed by atoms with E-state index in [4.69, 9.17) is 23.5 Å². The highest BCUT2D eigenvalue weighted by Gasteiger charge is 2.48. The van der Waals surface area contributed by atoms with E-state index in [1.165, 1.54) is 6.42 Å². The fraction of sp³-hybridized carbons (Fsp3) is 0.627. The van der Waals surface area contributed by atoms with E-state index in [1.54, 1.807) is 0 Å². The molecule has 4 N–H and O–H groups in total. The number of carbonyl (C=O) groups is 1. The number of hydrogen-bond donors (Lipinski definition) is 4. The zero-order valence-electron chi connectivity index (χ0n) is 38.8. The normalized spacial score (nSPS) is 20.8. The lowest BCUT2D eigenvalue weighted by molar-refractivity contribution is -0.301. The topological polar surface area (TPSA) is 178 Å².